The molecule has 21 heavy (non-hydrogen) atoms. The van der Waals surface area contributed by atoms with Gasteiger partial charge in [0, 0.05) is 11.6 Å². The maximum atomic E-state index is 13.1. The van der Waals surface area contributed by atoms with Crippen molar-refractivity contribution in [1.29, 1.82) is 0 Å². The molecule has 0 heterocycles. The number of ether oxygens (including phenoxy) is 1. The normalized spacial score (nSPS) is 10.6. The average molecular weight is 290 g/mol. The number of hydrogen-bond acceptors (Lipinski definition) is 3. The van der Waals surface area contributed by atoms with Gasteiger partial charge in [-0.15, -0.1) is 5.10 Å². The van der Waals surface area contributed by atoms with Crippen molar-refractivity contribution in [1.82, 2.24) is 0 Å². The maximum absolute atomic E-state index is 13.1. The zero-order valence-electron chi connectivity index (χ0n) is 10.8. The highest BCUT2D eigenvalue weighted by molar-refractivity contribution is 5.84. The molecule has 0 saturated carbocycles. The highest BCUT2D eigenvalue weighted by Crippen LogP contribution is 2.25. The Bertz CT molecular complexity index is 697. The monoisotopic (exact) mass is 290 g/mol. The SMILES string of the molecule is NC(N)=NN=Cc1ccccc1Oc1ccc(F)c(F)c1. The van der Waals surface area contributed by atoms with Crippen molar-refractivity contribution in [2.45, 2.75) is 0 Å². The van der Waals surface area contributed by atoms with Crippen LogP contribution >= 0.6 is 0 Å². The van der Waals surface area contributed by atoms with Gasteiger partial charge in [0.25, 0.3) is 0 Å². The molecule has 0 spiro atoms. The van der Waals surface area contributed by atoms with Crippen molar-refractivity contribution in [3.05, 3.63) is 59.7 Å². The van der Waals surface area contributed by atoms with Crippen molar-refractivity contribution in [2.24, 2.45) is 21.7 Å². The van der Waals surface area contributed by atoms with Crippen LogP contribution in [0.5, 0.6) is 11.5 Å². The predicted molar refractivity (Wildman–Crippen MR) is 76.3 cm³/mol. The number of hydrogen-bond donors (Lipinski definition) is 2. The third kappa shape index (κ3) is 4.00. The van der Waals surface area contributed by atoms with Crippen LogP contribution < -0.4 is 16.2 Å². The van der Waals surface area contributed by atoms with E-state index in [2.05, 4.69) is 10.2 Å². The van der Waals surface area contributed by atoms with Crippen molar-refractivity contribution >= 4 is 12.2 Å². The number of rotatable bonds is 4. The molecule has 4 N–H and O–H groups in total. The minimum atomic E-state index is -0.987. The summed E-state index contributed by atoms with van der Waals surface area (Å²) >= 11 is 0. The molecule has 0 aliphatic rings. The first-order valence-corrected chi connectivity index (χ1v) is 5.90. The number of nitrogens with zero attached hydrogens (tertiary/aromatic N) is 2. The number of halogens is 2. The molecule has 2 rings (SSSR count). The van der Waals surface area contributed by atoms with Gasteiger partial charge in [-0.05, 0) is 24.3 Å². The Morgan fingerprint density at radius 1 is 1.05 bits per heavy atom. The van der Waals surface area contributed by atoms with E-state index in [9.17, 15) is 8.78 Å². The Morgan fingerprint density at radius 2 is 1.81 bits per heavy atom. The summed E-state index contributed by atoms with van der Waals surface area (Å²) < 4.78 is 31.5. The van der Waals surface area contributed by atoms with E-state index in [1.807, 2.05) is 0 Å². The predicted octanol–water partition coefficient (Wildman–Crippen LogP) is 2.36. The molecule has 108 valence electrons. The zero-order valence-corrected chi connectivity index (χ0v) is 10.8. The molecule has 0 aliphatic heterocycles. The summed E-state index contributed by atoms with van der Waals surface area (Å²) in [5.74, 6) is -1.54. The molecule has 0 radical (unpaired) electrons. The van der Waals surface area contributed by atoms with E-state index in [4.69, 9.17) is 16.2 Å². The lowest BCUT2D eigenvalue weighted by molar-refractivity contribution is 0.461. The quantitative estimate of drug-likeness (QED) is 0.515. The third-order valence-corrected chi connectivity index (χ3v) is 2.41. The van der Waals surface area contributed by atoms with Crippen LogP contribution in [0, 0.1) is 11.6 Å². The van der Waals surface area contributed by atoms with Crippen LogP contribution in [0.4, 0.5) is 8.78 Å². The van der Waals surface area contributed by atoms with Crippen LogP contribution in [0.2, 0.25) is 0 Å². The molecule has 0 saturated heterocycles. The van der Waals surface area contributed by atoms with E-state index < -0.39 is 11.6 Å². The smallest absolute Gasteiger partial charge is 0.211 e. The fraction of sp³-hybridized carbons (Fsp3) is 0. The first kappa shape index (κ1) is 14.4. The van der Waals surface area contributed by atoms with Gasteiger partial charge in [0.05, 0.1) is 6.21 Å². The van der Waals surface area contributed by atoms with Crippen LogP contribution in [0.3, 0.4) is 0 Å². The van der Waals surface area contributed by atoms with Gasteiger partial charge >= 0.3 is 0 Å². The minimum Gasteiger partial charge on any atom is -0.457 e. The van der Waals surface area contributed by atoms with Gasteiger partial charge in [-0.3, -0.25) is 0 Å². The van der Waals surface area contributed by atoms with E-state index in [-0.39, 0.29) is 11.7 Å². The van der Waals surface area contributed by atoms with Crippen LogP contribution in [0.1, 0.15) is 5.56 Å². The second kappa shape index (κ2) is 6.47. The molecule has 5 nitrogen and oxygen atoms in total. The molecule has 0 amide bonds. The van der Waals surface area contributed by atoms with Crippen molar-refractivity contribution in [3.8, 4) is 11.5 Å². The summed E-state index contributed by atoms with van der Waals surface area (Å²) in [4.78, 5) is 0. The fourth-order valence-corrected chi connectivity index (χ4v) is 1.51. The lowest BCUT2D eigenvalue weighted by Crippen LogP contribution is -2.21. The highest BCUT2D eigenvalue weighted by Gasteiger charge is 2.06. The zero-order chi connectivity index (χ0) is 15.2. The minimum absolute atomic E-state index is 0.164. The van der Waals surface area contributed by atoms with Gasteiger partial charge in [0.1, 0.15) is 11.5 Å². The Morgan fingerprint density at radius 3 is 2.52 bits per heavy atom. The lowest BCUT2D eigenvalue weighted by Gasteiger charge is -2.08. The van der Waals surface area contributed by atoms with E-state index in [0.29, 0.717) is 11.3 Å². The summed E-state index contributed by atoms with van der Waals surface area (Å²) in [7, 11) is 0. The molecule has 0 atom stereocenters. The van der Waals surface area contributed by atoms with Crippen molar-refractivity contribution < 1.29 is 13.5 Å². The standard InChI is InChI=1S/C14H12F2N4O/c15-11-6-5-10(7-12(11)16)21-13-4-2-1-3-9(13)8-19-20-14(17)18/h1-8H,(H4,17,18,20). The van der Waals surface area contributed by atoms with Crippen LogP contribution in [-0.2, 0) is 0 Å². The summed E-state index contributed by atoms with van der Waals surface area (Å²) in [6.45, 7) is 0. The van der Waals surface area contributed by atoms with E-state index in [0.717, 1.165) is 12.1 Å². The van der Waals surface area contributed by atoms with Gasteiger partial charge in [-0.1, -0.05) is 12.1 Å². The van der Waals surface area contributed by atoms with E-state index in [1.165, 1.54) is 12.3 Å². The molecule has 0 fully saturated rings. The summed E-state index contributed by atoms with van der Waals surface area (Å²) in [6, 6.07) is 10.1. The highest BCUT2D eigenvalue weighted by atomic mass is 19.2. The first-order valence-electron chi connectivity index (χ1n) is 5.90. The molecule has 7 heteroatoms. The molecular weight excluding hydrogens is 278 g/mol. The van der Waals surface area contributed by atoms with Gasteiger partial charge in [0.2, 0.25) is 5.96 Å². The van der Waals surface area contributed by atoms with Crippen LogP contribution in [0.25, 0.3) is 0 Å². The van der Waals surface area contributed by atoms with Gasteiger partial charge in [-0.2, -0.15) is 5.10 Å². The first-order chi connectivity index (χ1) is 10.1. The molecule has 0 aliphatic carbocycles. The van der Waals surface area contributed by atoms with Gasteiger partial charge in [-0.25, -0.2) is 8.78 Å². The molecule has 0 unspecified atom stereocenters. The van der Waals surface area contributed by atoms with E-state index in [1.54, 1.807) is 24.3 Å². The fourth-order valence-electron chi connectivity index (χ4n) is 1.51. The van der Waals surface area contributed by atoms with Crippen LogP contribution in [0.15, 0.2) is 52.7 Å². The molecule has 0 aromatic heterocycles. The Labute approximate surface area is 119 Å². The van der Waals surface area contributed by atoms with Gasteiger partial charge < -0.3 is 16.2 Å². The van der Waals surface area contributed by atoms with Crippen LogP contribution in [-0.4, -0.2) is 12.2 Å². The molecule has 2 aromatic rings. The van der Waals surface area contributed by atoms with Crippen molar-refractivity contribution in [3.63, 3.8) is 0 Å². The number of guanidine groups is 1. The summed E-state index contributed by atoms with van der Waals surface area (Å²) in [6.07, 6.45) is 1.38. The third-order valence-electron chi connectivity index (χ3n) is 2.41. The Hall–Kier alpha value is -2.96. The second-order valence-electron chi connectivity index (χ2n) is 3.99. The molecule has 2 aromatic carbocycles. The maximum Gasteiger partial charge on any atom is 0.211 e. The molecule has 0 bridgehead atoms. The average Bonchev–Trinajstić information content (AvgIpc) is 2.44. The summed E-state index contributed by atoms with van der Waals surface area (Å²) in [5, 5.41) is 7.14. The lowest BCUT2D eigenvalue weighted by atomic mass is 10.2. The van der Waals surface area contributed by atoms with E-state index >= 15 is 0 Å². The second-order valence-corrected chi connectivity index (χ2v) is 3.99. The Balaban J connectivity index is 2.25. The number of nitrogens with two attached hydrogens (primary N) is 2. The summed E-state index contributed by atoms with van der Waals surface area (Å²) in [5.41, 5.74) is 10.9. The molecular formula is C14H12F2N4O. The largest absolute Gasteiger partial charge is 0.457 e. The number of benzene rings is 2. The van der Waals surface area contributed by atoms with Crippen molar-refractivity contribution in [2.75, 3.05) is 0 Å². The topological polar surface area (TPSA) is 86.0 Å². The Kier molecular flexibility index (Phi) is 4.45. The number of para-hydroxylation sites is 1. The van der Waals surface area contributed by atoms with Gasteiger partial charge in [0.15, 0.2) is 11.6 Å².